The fourth-order valence-electron chi connectivity index (χ4n) is 1.45. The molecule has 0 radical (unpaired) electrons. The number of hydrogen-bond acceptors (Lipinski definition) is 3. The van der Waals surface area contributed by atoms with Gasteiger partial charge in [0.2, 0.25) is 5.91 Å². The molecule has 0 aliphatic carbocycles. The van der Waals surface area contributed by atoms with Crippen LogP contribution in [0.1, 0.15) is 5.56 Å². The quantitative estimate of drug-likeness (QED) is 0.695. The lowest BCUT2D eigenvalue weighted by Gasteiger charge is -2.13. The smallest absolute Gasteiger partial charge is 0.224 e. The first-order valence-electron chi connectivity index (χ1n) is 4.97. The van der Waals surface area contributed by atoms with Crippen molar-refractivity contribution in [2.24, 2.45) is 11.7 Å². The van der Waals surface area contributed by atoms with Crippen LogP contribution in [0.4, 0.5) is 4.39 Å². The number of carbonyl (C=O) groups is 1. The molecule has 0 spiro atoms. The van der Waals surface area contributed by atoms with Crippen molar-refractivity contribution in [3.63, 3.8) is 0 Å². The van der Waals surface area contributed by atoms with Gasteiger partial charge in [0.1, 0.15) is 0 Å². The van der Waals surface area contributed by atoms with Crippen molar-refractivity contribution in [3.05, 3.63) is 29.6 Å². The Hall–Kier alpha value is -1.62. The minimum atomic E-state index is -0.690. The molecule has 1 aromatic rings. The Morgan fingerprint density at radius 3 is 2.81 bits per heavy atom. The minimum absolute atomic E-state index is 0.170. The summed E-state index contributed by atoms with van der Waals surface area (Å²) in [6, 6.07) is 4.05. The predicted octanol–water partition coefficient (Wildman–Crippen LogP) is 0.395. The molecule has 16 heavy (non-hydrogen) atoms. The van der Waals surface area contributed by atoms with Crippen molar-refractivity contribution in [2.45, 2.75) is 6.42 Å². The van der Waals surface area contributed by atoms with Crippen LogP contribution in [-0.2, 0) is 11.2 Å². The zero-order chi connectivity index (χ0) is 12.1. The largest absolute Gasteiger partial charge is 0.505 e. The highest BCUT2D eigenvalue weighted by Gasteiger charge is 2.16. The number of nitrogens with two attached hydrogens (primary N) is 1. The SMILES string of the molecule is CNC(=O)C(CN)Cc1ccc(O)c(F)c1. The van der Waals surface area contributed by atoms with E-state index in [4.69, 9.17) is 10.8 Å². The number of amides is 1. The van der Waals surface area contributed by atoms with Crippen LogP contribution in [-0.4, -0.2) is 24.6 Å². The summed E-state index contributed by atoms with van der Waals surface area (Å²) < 4.78 is 13.0. The van der Waals surface area contributed by atoms with Gasteiger partial charge in [-0.05, 0) is 24.1 Å². The lowest BCUT2D eigenvalue weighted by atomic mass is 9.98. The Morgan fingerprint density at radius 1 is 1.62 bits per heavy atom. The van der Waals surface area contributed by atoms with Crippen molar-refractivity contribution in [3.8, 4) is 5.75 Å². The first kappa shape index (κ1) is 12.4. The van der Waals surface area contributed by atoms with E-state index in [2.05, 4.69) is 5.32 Å². The van der Waals surface area contributed by atoms with Crippen LogP contribution in [0.25, 0.3) is 0 Å². The van der Waals surface area contributed by atoms with Gasteiger partial charge in [-0.15, -0.1) is 0 Å². The van der Waals surface area contributed by atoms with Gasteiger partial charge < -0.3 is 16.2 Å². The van der Waals surface area contributed by atoms with Crippen LogP contribution < -0.4 is 11.1 Å². The van der Waals surface area contributed by atoms with Gasteiger partial charge in [-0.1, -0.05) is 6.07 Å². The van der Waals surface area contributed by atoms with E-state index >= 15 is 0 Å². The van der Waals surface area contributed by atoms with Gasteiger partial charge in [0.15, 0.2) is 11.6 Å². The van der Waals surface area contributed by atoms with Gasteiger partial charge in [-0.2, -0.15) is 0 Å². The third-order valence-corrected chi connectivity index (χ3v) is 2.40. The molecule has 0 heterocycles. The number of carbonyl (C=O) groups excluding carboxylic acids is 1. The second-order valence-corrected chi connectivity index (χ2v) is 3.54. The maximum absolute atomic E-state index is 13.0. The first-order valence-corrected chi connectivity index (χ1v) is 4.97. The molecule has 0 aromatic heterocycles. The summed E-state index contributed by atoms with van der Waals surface area (Å²) in [5, 5.41) is 11.5. The number of nitrogens with one attached hydrogen (secondary N) is 1. The van der Waals surface area contributed by atoms with E-state index in [1.54, 1.807) is 6.07 Å². The molecule has 1 amide bonds. The van der Waals surface area contributed by atoms with Crippen LogP contribution in [0.5, 0.6) is 5.75 Å². The Morgan fingerprint density at radius 2 is 2.31 bits per heavy atom. The molecule has 1 rings (SSSR count). The molecule has 1 atom stereocenters. The molecular formula is C11H15FN2O2. The van der Waals surface area contributed by atoms with E-state index < -0.39 is 11.6 Å². The summed E-state index contributed by atoms with van der Waals surface area (Å²) in [4.78, 5) is 11.4. The molecule has 0 saturated heterocycles. The molecule has 1 unspecified atom stereocenters. The third-order valence-electron chi connectivity index (χ3n) is 2.40. The van der Waals surface area contributed by atoms with Crippen molar-refractivity contribution in [1.29, 1.82) is 0 Å². The minimum Gasteiger partial charge on any atom is -0.505 e. The highest BCUT2D eigenvalue weighted by atomic mass is 19.1. The Kier molecular flexibility index (Phi) is 4.25. The third kappa shape index (κ3) is 2.93. The second kappa shape index (κ2) is 5.46. The van der Waals surface area contributed by atoms with E-state index in [0.29, 0.717) is 12.0 Å². The highest BCUT2D eigenvalue weighted by molar-refractivity contribution is 5.78. The van der Waals surface area contributed by atoms with E-state index in [1.165, 1.54) is 19.2 Å². The fraction of sp³-hybridized carbons (Fsp3) is 0.364. The molecule has 0 fully saturated rings. The Labute approximate surface area is 93.3 Å². The molecular weight excluding hydrogens is 211 g/mol. The van der Waals surface area contributed by atoms with Gasteiger partial charge in [0, 0.05) is 13.6 Å². The number of aromatic hydroxyl groups is 1. The molecule has 0 aliphatic rings. The number of halogens is 1. The molecule has 4 N–H and O–H groups in total. The molecule has 0 saturated carbocycles. The molecule has 0 aliphatic heterocycles. The number of rotatable bonds is 4. The summed E-state index contributed by atoms with van der Waals surface area (Å²) in [5.41, 5.74) is 6.09. The second-order valence-electron chi connectivity index (χ2n) is 3.54. The van der Waals surface area contributed by atoms with Crippen molar-refractivity contribution < 1.29 is 14.3 Å². The number of phenolic OH excluding ortho intramolecular Hbond substituents is 1. The zero-order valence-electron chi connectivity index (χ0n) is 9.03. The molecule has 5 heteroatoms. The van der Waals surface area contributed by atoms with Crippen LogP contribution in [0, 0.1) is 11.7 Å². The van der Waals surface area contributed by atoms with Crippen LogP contribution in [0.15, 0.2) is 18.2 Å². The van der Waals surface area contributed by atoms with Crippen molar-refractivity contribution in [2.75, 3.05) is 13.6 Å². The summed E-state index contributed by atoms with van der Waals surface area (Å²) >= 11 is 0. The number of benzene rings is 1. The van der Waals surface area contributed by atoms with E-state index in [-0.39, 0.29) is 18.4 Å². The van der Waals surface area contributed by atoms with Crippen LogP contribution >= 0.6 is 0 Å². The normalized spacial score (nSPS) is 12.2. The van der Waals surface area contributed by atoms with Gasteiger partial charge in [-0.3, -0.25) is 4.79 Å². The Balaban J connectivity index is 2.78. The maximum atomic E-state index is 13.0. The Bertz CT molecular complexity index is 382. The average Bonchev–Trinajstić information content (AvgIpc) is 2.29. The highest BCUT2D eigenvalue weighted by Crippen LogP contribution is 2.18. The van der Waals surface area contributed by atoms with E-state index in [9.17, 15) is 9.18 Å². The monoisotopic (exact) mass is 226 g/mol. The summed E-state index contributed by atoms with van der Waals surface area (Å²) in [6.45, 7) is 0.197. The van der Waals surface area contributed by atoms with E-state index in [0.717, 1.165) is 0 Å². The van der Waals surface area contributed by atoms with Crippen molar-refractivity contribution >= 4 is 5.91 Å². The zero-order valence-corrected chi connectivity index (χ0v) is 9.03. The molecule has 4 nitrogen and oxygen atoms in total. The van der Waals surface area contributed by atoms with Gasteiger partial charge in [-0.25, -0.2) is 4.39 Å². The van der Waals surface area contributed by atoms with Crippen LogP contribution in [0.2, 0.25) is 0 Å². The lowest BCUT2D eigenvalue weighted by molar-refractivity contribution is -0.124. The topological polar surface area (TPSA) is 75.4 Å². The van der Waals surface area contributed by atoms with Gasteiger partial charge >= 0.3 is 0 Å². The predicted molar refractivity (Wildman–Crippen MR) is 58.4 cm³/mol. The average molecular weight is 226 g/mol. The van der Waals surface area contributed by atoms with Crippen molar-refractivity contribution in [1.82, 2.24) is 5.32 Å². The molecule has 0 bridgehead atoms. The number of hydrogen-bond donors (Lipinski definition) is 3. The summed E-state index contributed by atoms with van der Waals surface area (Å²) in [7, 11) is 1.53. The molecule has 88 valence electrons. The summed E-state index contributed by atoms with van der Waals surface area (Å²) in [5.74, 6) is -1.64. The number of phenols is 1. The molecule has 1 aromatic carbocycles. The van der Waals surface area contributed by atoms with E-state index in [1.807, 2.05) is 0 Å². The van der Waals surface area contributed by atoms with Gasteiger partial charge in [0.05, 0.1) is 5.92 Å². The summed E-state index contributed by atoms with van der Waals surface area (Å²) in [6.07, 6.45) is 0.355. The van der Waals surface area contributed by atoms with Crippen LogP contribution in [0.3, 0.4) is 0 Å². The van der Waals surface area contributed by atoms with Gasteiger partial charge in [0.25, 0.3) is 0 Å². The standard InChI is InChI=1S/C11H15FN2O2/c1-14-11(16)8(6-13)4-7-2-3-10(15)9(12)5-7/h2-3,5,8,15H,4,6,13H2,1H3,(H,14,16). The lowest BCUT2D eigenvalue weighted by Crippen LogP contribution is -2.34. The maximum Gasteiger partial charge on any atom is 0.224 e. The fourth-order valence-corrected chi connectivity index (χ4v) is 1.45. The first-order chi connectivity index (χ1) is 7.58.